The number of nitrogens with zero attached hydrogens (tertiary/aromatic N) is 6. The molecule has 0 aliphatic heterocycles. The Morgan fingerprint density at radius 3 is 1.61 bits per heavy atom. The topological polar surface area (TPSA) is 90.5 Å². The largest absolute Gasteiger partial charge is 0.455 e. The van der Waals surface area contributed by atoms with Gasteiger partial charge in [0.15, 0.2) is 17.5 Å². The quantitative estimate of drug-likeness (QED) is 0.160. The SMILES string of the molecule is c1ccc(-c2nc(-c3ccccc3)nc(-c3cccc(-c4ccc5c(c4)nc(-c4ccc6ccccc6c4)c4c(-c6ccncc6)c(-c6ccncc6)oc45)c3)n2)cc1. The number of pyridine rings is 3. The van der Waals surface area contributed by atoms with Crippen molar-refractivity contribution in [2.24, 2.45) is 0 Å². The molecule has 11 aromatic rings. The fraction of sp³-hybridized carbons (Fsp3) is 0. The Morgan fingerprint density at radius 2 is 0.915 bits per heavy atom. The monoisotopic (exact) mass is 756 g/mol. The van der Waals surface area contributed by atoms with Crippen molar-refractivity contribution in [3.05, 3.63) is 195 Å². The van der Waals surface area contributed by atoms with E-state index >= 15 is 0 Å². The van der Waals surface area contributed by atoms with Gasteiger partial charge in [0, 0.05) is 63.6 Å². The molecule has 0 fully saturated rings. The zero-order valence-electron chi connectivity index (χ0n) is 31.6. The molecule has 0 atom stereocenters. The van der Waals surface area contributed by atoms with Gasteiger partial charge in [-0.2, -0.15) is 0 Å². The second-order valence-electron chi connectivity index (χ2n) is 14.4. The summed E-state index contributed by atoms with van der Waals surface area (Å²) in [7, 11) is 0. The Bertz CT molecular complexity index is 3260. The summed E-state index contributed by atoms with van der Waals surface area (Å²) in [4.78, 5) is 29.0. The van der Waals surface area contributed by atoms with Gasteiger partial charge in [-0.1, -0.05) is 121 Å². The summed E-state index contributed by atoms with van der Waals surface area (Å²) >= 11 is 0. The zero-order chi connectivity index (χ0) is 39.1. The van der Waals surface area contributed by atoms with Gasteiger partial charge in [-0.15, -0.1) is 0 Å². The van der Waals surface area contributed by atoms with Crippen LogP contribution in [-0.2, 0) is 0 Å². The lowest BCUT2D eigenvalue weighted by molar-refractivity contribution is 0.635. The van der Waals surface area contributed by atoms with E-state index in [4.69, 9.17) is 24.4 Å². The molecule has 0 saturated heterocycles. The van der Waals surface area contributed by atoms with Crippen LogP contribution >= 0.6 is 0 Å². The minimum absolute atomic E-state index is 0.599. The van der Waals surface area contributed by atoms with E-state index in [2.05, 4.69) is 88.8 Å². The van der Waals surface area contributed by atoms with Gasteiger partial charge >= 0.3 is 0 Å². The predicted octanol–water partition coefficient (Wildman–Crippen LogP) is 12.8. The summed E-state index contributed by atoms with van der Waals surface area (Å²) < 4.78 is 7.01. The molecule has 0 aliphatic rings. The molecule has 0 saturated carbocycles. The van der Waals surface area contributed by atoms with Crippen molar-refractivity contribution in [3.63, 3.8) is 0 Å². The van der Waals surface area contributed by atoms with Gasteiger partial charge in [0.1, 0.15) is 11.3 Å². The van der Waals surface area contributed by atoms with Crippen LogP contribution in [0.5, 0.6) is 0 Å². The van der Waals surface area contributed by atoms with Crippen molar-refractivity contribution in [1.82, 2.24) is 29.9 Å². The smallest absolute Gasteiger partial charge is 0.164 e. The fourth-order valence-electron chi connectivity index (χ4n) is 7.84. The molecule has 59 heavy (non-hydrogen) atoms. The van der Waals surface area contributed by atoms with E-state index in [1.54, 1.807) is 12.4 Å². The van der Waals surface area contributed by atoms with Gasteiger partial charge in [0.05, 0.1) is 16.6 Å². The molecule has 0 bridgehead atoms. The van der Waals surface area contributed by atoms with Crippen molar-refractivity contribution < 1.29 is 4.42 Å². The van der Waals surface area contributed by atoms with Crippen LogP contribution in [0.3, 0.4) is 0 Å². The van der Waals surface area contributed by atoms with Crippen LogP contribution in [0.15, 0.2) is 199 Å². The van der Waals surface area contributed by atoms with E-state index in [0.717, 1.165) is 88.8 Å². The number of hydrogen-bond donors (Lipinski definition) is 0. The van der Waals surface area contributed by atoms with Crippen LogP contribution in [0.25, 0.3) is 112 Å². The summed E-state index contributed by atoms with van der Waals surface area (Å²) in [5.41, 5.74) is 11.1. The van der Waals surface area contributed by atoms with Crippen LogP contribution in [0.4, 0.5) is 0 Å². The predicted molar refractivity (Wildman–Crippen MR) is 236 cm³/mol. The van der Waals surface area contributed by atoms with E-state index in [-0.39, 0.29) is 0 Å². The highest BCUT2D eigenvalue weighted by atomic mass is 16.3. The number of rotatable bonds is 7. The molecule has 276 valence electrons. The first kappa shape index (κ1) is 34.1. The van der Waals surface area contributed by atoms with E-state index in [9.17, 15) is 0 Å². The molecule has 5 heterocycles. The molecule has 0 radical (unpaired) electrons. The van der Waals surface area contributed by atoms with Gasteiger partial charge in [-0.25, -0.2) is 19.9 Å². The minimum Gasteiger partial charge on any atom is -0.455 e. The van der Waals surface area contributed by atoms with E-state index in [1.165, 1.54) is 5.39 Å². The van der Waals surface area contributed by atoms with E-state index < -0.39 is 0 Å². The van der Waals surface area contributed by atoms with Crippen molar-refractivity contribution >= 4 is 32.6 Å². The first-order valence-corrected chi connectivity index (χ1v) is 19.4. The highest BCUT2D eigenvalue weighted by molar-refractivity contribution is 6.17. The maximum atomic E-state index is 7.01. The molecule has 7 nitrogen and oxygen atoms in total. The summed E-state index contributed by atoms with van der Waals surface area (Å²) in [5.74, 6) is 2.59. The molecule has 0 N–H and O–H groups in total. The van der Waals surface area contributed by atoms with Gasteiger partial charge in [-0.05, 0) is 76.0 Å². The Labute approximate surface area is 339 Å². The van der Waals surface area contributed by atoms with Gasteiger partial charge in [-0.3, -0.25) is 9.97 Å². The average molecular weight is 757 g/mol. The number of fused-ring (bicyclic) bond motifs is 4. The first-order valence-electron chi connectivity index (χ1n) is 19.4. The lowest BCUT2D eigenvalue weighted by Crippen LogP contribution is -2.00. The molecule has 5 aromatic heterocycles. The highest BCUT2D eigenvalue weighted by Crippen LogP contribution is 2.47. The molecule has 7 heteroatoms. The summed E-state index contributed by atoms with van der Waals surface area (Å²) in [6, 6.07) is 57.8. The Kier molecular flexibility index (Phi) is 8.33. The fourth-order valence-corrected chi connectivity index (χ4v) is 7.84. The second kappa shape index (κ2) is 14.4. The normalized spacial score (nSPS) is 11.4. The van der Waals surface area contributed by atoms with Gasteiger partial charge in [0.25, 0.3) is 0 Å². The lowest BCUT2D eigenvalue weighted by Gasteiger charge is -2.12. The third-order valence-corrected chi connectivity index (χ3v) is 10.7. The third kappa shape index (κ3) is 6.27. The molecule has 0 spiro atoms. The molecule has 0 amide bonds. The van der Waals surface area contributed by atoms with Crippen LogP contribution in [0.1, 0.15) is 0 Å². The molecule has 6 aromatic carbocycles. The molecule has 0 unspecified atom stereocenters. The maximum Gasteiger partial charge on any atom is 0.164 e. The van der Waals surface area contributed by atoms with Crippen LogP contribution < -0.4 is 0 Å². The van der Waals surface area contributed by atoms with E-state index in [1.807, 2.05) is 103 Å². The average Bonchev–Trinajstić information content (AvgIpc) is 3.73. The number of hydrogen-bond acceptors (Lipinski definition) is 7. The molecular formula is C52H32N6O. The first-order chi connectivity index (χ1) is 29.2. The summed E-state index contributed by atoms with van der Waals surface area (Å²) in [6.07, 6.45) is 7.22. The second-order valence-corrected chi connectivity index (χ2v) is 14.4. The van der Waals surface area contributed by atoms with Gasteiger partial charge in [0.2, 0.25) is 0 Å². The Morgan fingerprint density at radius 1 is 0.356 bits per heavy atom. The molecule has 0 aliphatic carbocycles. The van der Waals surface area contributed by atoms with E-state index in [0.29, 0.717) is 17.5 Å². The lowest BCUT2D eigenvalue weighted by atomic mass is 9.94. The summed E-state index contributed by atoms with van der Waals surface area (Å²) in [5, 5.41) is 4.16. The number of benzene rings is 6. The van der Waals surface area contributed by atoms with Crippen LogP contribution in [-0.4, -0.2) is 29.9 Å². The minimum atomic E-state index is 0.599. The van der Waals surface area contributed by atoms with Crippen LogP contribution in [0.2, 0.25) is 0 Å². The summed E-state index contributed by atoms with van der Waals surface area (Å²) in [6.45, 7) is 0. The highest BCUT2D eigenvalue weighted by Gasteiger charge is 2.25. The molecule has 11 rings (SSSR count). The zero-order valence-corrected chi connectivity index (χ0v) is 31.6. The number of aromatic nitrogens is 6. The number of furan rings is 1. The Hall–Kier alpha value is -8.16. The van der Waals surface area contributed by atoms with Crippen molar-refractivity contribution in [3.8, 4) is 79.0 Å². The van der Waals surface area contributed by atoms with Crippen molar-refractivity contribution in [1.29, 1.82) is 0 Å². The maximum absolute atomic E-state index is 7.01. The van der Waals surface area contributed by atoms with Crippen molar-refractivity contribution in [2.75, 3.05) is 0 Å². The standard InChI is InChI=1S/C52H32N6O/c1-3-11-36(12-4-1)50-56-51(37-13-5-2-6-14-37)58-52(57-50)42-17-9-16-39(31-42)40-20-21-43-44(32-40)55-47(41-19-18-33-10-7-8-15-38(33)30-41)46-45(34-22-26-53-27-23-34)48(59-49(43)46)35-24-28-54-29-25-35/h1-32H. The Balaban J connectivity index is 1.11. The van der Waals surface area contributed by atoms with Gasteiger partial charge < -0.3 is 4.42 Å². The van der Waals surface area contributed by atoms with Crippen molar-refractivity contribution in [2.45, 2.75) is 0 Å². The third-order valence-electron chi connectivity index (χ3n) is 10.7. The molecular weight excluding hydrogens is 725 g/mol. The van der Waals surface area contributed by atoms with Crippen LogP contribution in [0, 0.1) is 0 Å².